The van der Waals surface area contributed by atoms with Crippen LogP contribution in [0.4, 0.5) is 11.6 Å². The first-order valence-corrected chi connectivity index (χ1v) is 5.38. The predicted octanol–water partition coefficient (Wildman–Crippen LogP) is 0.398. The van der Waals surface area contributed by atoms with Crippen molar-refractivity contribution < 1.29 is 5.11 Å². The van der Waals surface area contributed by atoms with Gasteiger partial charge in [-0.1, -0.05) is 0 Å². The topological polar surface area (TPSA) is 96.1 Å². The van der Waals surface area contributed by atoms with Crippen LogP contribution in [0.25, 0.3) is 0 Å². The number of hydrogen-bond donors (Lipinski definition) is 4. The Labute approximate surface area is 94.3 Å². The minimum atomic E-state index is -0.203. The molecule has 0 bridgehead atoms. The number of anilines is 2. The van der Waals surface area contributed by atoms with Gasteiger partial charge in [0.1, 0.15) is 18.0 Å². The van der Waals surface area contributed by atoms with E-state index in [0.717, 1.165) is 30.6 Å². The lowest BCUT2D eigenvalue weighted by Gasteiger charge is -2.41. The molecule has 0 atom stereocenters. The van der Waals surface area contributed by atoms with Gasteiger partial charge in [0, 0.05) is 5.56 Å². The number of nitrogens with one attached hydrogen (secondary N) is 2. The average molecular weight is 223 g/mol. The molecule has 0 spiro atoms. The highest BCUT2D eigenvalue weighted by atomic mass is 16.3. The fraction of sp³-hybridized carbons (Fsp3) is 0.600. The highest BCUT2D eigenvalue weighted by Crippen LogP contribution is 2.35. The fourth-order valence-electron chi connectivity index (χ4n) is 1.90. The summed E-state index contributed by atoms with van der Waals surface area (Å²) in [5.74, 6) is 6.68. The molecule has 1 aliphatic carbocycles. The first kappa shape index (κ1) is 11.1. The number of hydrazine groups is 1. The summed E-state index contributed by atoms with van der Waals surface area (Å²) in [4.78, 5) is 8.18. The maximum absolute atomic E-state index is 9.37. The van der Waals surface area contributed by atoms with Crippen LogP contribution in [0.1, 0.15) is 24.8 Å². The zero-order valence-corrected chi connectivity index (χ0v) is 9.32. The van der Waals surface area contributed by atoms with E-state index in [1.165, 1.54) is 6.33 Å². The summed E-state index contributed by atoms with van der Waals surface area (Å²) in [6.45, 7) is 2.02. The summed E-state index contributed by atoms with van der Waals surface area (Å²) in [6.07, 6.45) is 4.53. The van der Waals surface area contributed by atoms with E-state index in [-0.39, 0.29) is 12.1 Å². The van der Waals surface area contributed by atoms with E-state index in [1.807, 2.05) is 6.92 Å². The molecule has 1 aliphatic rings. The van der Waals surface area contributed by atoms with Crippen LogP contribution in [-0.4, -0.2) is 27.2 Å². The van der Waals surface area contributed by atoms with Crippen molar-refractivity contribution in [3.63, 3.8) is 0 Å². The van der Waals surface area contributed by atoms with Gasteiger partial charge in [-0.05, 0) is 26.2 Å². The molecule has 0 saturated heterocycles. The molecule has 0 radical (unpaired) electrons. The van der Waals surface area contributed by atoms with Crippen molar-refractivity contribution >= 4 is 11.6 Å². The molecular formula is C10H17N5O. The zero-order chi connectivity index (χ0) is 11.6. The van der Waals surface area contributed by atoms with Gasteiger partial charge >= 0.3 is 0 Å². The third-order valence-electron chi connectivity index (χ3n) is 3.22. The summed E-state index contributed by atoms with van der Waals surface area (Å²) in [5.41, 5.74) is 3.18. The van der Waals surface area contributed by atoms with Crippen LogP contribution < -0.4 is 16.6 Å². The van der Waals surface area contributed by atoms with E-state index in [1.54, 1.807) is 0 Å². The lowest BCUT2D eigenvalue weighted by atomic mass is 9.77. The van der Waals surface area contributed by atoms with Crippen LogP contribution in [0, 0.1) is 6.92 Å². The molecule has 0 amide bonds. The SMILES string of the molecule is Cc1c(NN)ncnc1NC1(CO)CCC1. The molecule has 2 rings (SSSR count). The molecule has 0 unspecified atom stereocenters. The summed E-state index contributed by atoms with van der Waals surface area (Å²) in [5, 5.41) is 12.7. The highest BCUT2D eigenvalue weighted by Gasteiger charge is 2.36. The quantitative estimate of drug-likeness (QED) is 0.436. The second-order valence-electron chi connectivity index (χ2n) is 4.26. The van der Waals surface area contributed by atoms with Gasteiger partial charge in [-0.3, -0.25) is 0 Å². The molecule has 1 aromatic rings. The standard InChI is InChI=1S/C10H17N5O/c1-7-8(12-6-13-9(7)15-11)14-10(5-16)3-2-4-10/h6,16H,2-5,11H2,1H3,(H2,12,13,14,15). The molecule has 1 aromatic heterocycles. The minimum absolute atomic E-state index is 0.127. The Balaban J connectivity index is 2.21. The van der Waals surface area contributed by atoms with Gasteiger partial charge in [-0.15, -0.1) is 0 Å². The number of aliphatic hydroxyl groups is 1. The molecule has 5 N–H and O–H groups in total. The summed E-state index contributed by atoms with van der Waals surface area (Å²) >= 11 is 0. The van der Waals surface area contributed by atoms with Gasteiger partial charge in [-0.2, -0.15) is 0 Å². The largest absolute Gasteiger partial charge is 0.394 e. The number of rotatable bonds is 4. The lowest BCUT2D eigenvalue weighted by Crippen LogP contribution is -2.48. The van der Waals surface area contributed by atoms with Crippen LogP contribution in [0.3, 0.4) is 0 Å². The maximum Gasteiger partial charge on any atom is 0.148 e. The Kier molecular flexibility index (Phi) is 2.93. The molecule has 6 heteroatoms. The third-order valence-corrected chi connectivity index (χ3v) is 3.22. The van der Waals surface area contributed by atoms with Gasteiger partial charge in [0.15, 0.2) is 0 Å². The summed E-state index contributed by atoms with van der Waals surface area (Å²) < 4.78 is 0. The normalized spacial score (nSPS) is 17.7. The van der Waals surface area contributed by atoms with Crippen molar-refractivity contribution in [1.29, 1.82) is 0 Å². The molecule has 1 heterocycles. The molecule has 88 valence electrons. The van der Waals surface area contributed by atoms with E-state index in [0.29, 0.717) is 5.82 Å². The Hall–Kier alpha value is -1.40. The van der Waals surface area contributed by atoms with Crippen LogP contribution in [0.2, 0.25) is 0 Å². The average Bonchev–Trinajstić information content (AvgIpc) is 2.25. The summed E-state index contributed by atoms with van der Waals surface area (Å²) in [7, 11) is 0. The smallest absolute Gasteiger partial charge is 0.148 e. The molecule has 6 nitrogen and oxygen atoms in total. The van der Waals surface area contributed by atoms with Gasteiger partial charge in [-0.25, -0.2) is 15.8 Å². The Morgan fingerprint density at radius 3 is 2.62 bits per heavy atom. The van der Waals surface area contributed by atoms with Crippen LogP contribution in [0.15, 0.2) is 6.33 Å². The Morgan fingerprint density at radius 1 is 1.44 bits per heavy atom. The van der Waals surface area contributed by atoms with Crippen LogP contribution >= 0.6 is 0 Å². The van der Waals surface area contributed by atoms with E-state index in [4.69, 9.17) is 5.84 Å². The molecule has 1 fully saturated rings. The van der Waals surface area contributed by atoms with Crippen molar-refractivity contribution in [2.75, 3.05) is 17.3 Å². The first-order valence-electron chi connectivity index (χ1n) is 5.38. The Morgan fingerprint density at radius 2 is 2.12 bits per heavy atom. The van der Waals surface area contributed by atoms with E-state index < -0.39 is 0 Å². The van der Waals surface area contributed by atoms with Crippen molar-refractivity contribution in [1.82, 2.24) is 9.97 Å². The van der Waals surface area contributed by atoms with Crippen molar-refractivity contribution in [3.05, 3.63) is 11.9 Å². The molecule has 0 aliphatic heterocycles. The Bertz CT molecular complexity index is 372. The zero-order valence-electron chi connectivity index (χ0n) is 9.32. The predicted molar refractivity (Wildman–Crippen MR) is 61.9 cm³/mol. The maximum atomic E-state index is 9.37. The number of aliphatic hydroxyl groups excluding tert-OH is 1. The first-order chi connectivity index (χ1) is 7.71. The van der Waals surface area contributed by atoms with Crippen LogP contribution in [-0.2, 0) is 0 Å². The highest BCUT2D eigenvalue weighted by molar-refractivity contribution is 5.57. The molecule has 0 aromatic carbocycles. The molecule has 1 saturated carbocycles. The minimum Gasteiger partial charge on any atom is -0.394 e. The molecule has 16 heavy (non-hydrogen) atoms. The van der Waals surface area contributed by atoms with Crippen molar-refractivity contribution in [3.8, 4) is 0 Å². The fourth-order valence-corrected chi connectivity index (χ4v) is 1.90. The number of aromatic nitrogens is 2. The number of hydrogen-bond acceptors (Lipinski definition) is 6. The van der Waals surface area contributed by atoms with Crippen molar-refractivity contribution in [2.24, 2.45) is 5.84 Å². The second-order valence-corrected chi connectivity index (χ2v) is 4.26. The van der Waals surface area contributed by atoms with E-state index in [2.05, 4.69) is 20.7 Å². The molecular weight excluding hydrogens is 206 g/mol. The van der Waals surface area contributed by atoms with E-state index in [9.17, 15) is 5.11 Å². The van der Waals surface area contributed by atoms with E-state index >= 15 is 0 Å². The van der Waals surface area contributed by atoms with Crippen molar-refractivity contribution in [2.45, 2.75) is 31.7 Å². The second kappa shape index (κ2) is 4.23. The van der Waals surface area contributed by atoms with Gasteiger partial charge in [0.05, 0.1) is 12.1 Å². The number of nitrogen functional groups attached to an aromatic ring is 1. The lowest BCUT2D eigenvalue weighted by molar-refractivity contribution is 0.143. The van der Waals surface area contributed by atoms with Gasteiger partial charge < -0.3 is 15.8 Å². The monoisotopic (exact) mass is 223 g/mol. The number of nitrogens with two attached hydrogens (primary N) is 1. The van der Waals surface area contributed by atoms with Crippen LogP contribution in [0.5, 0.6) is 0 Å². The van der Waals surface area contributed by atoms with Gasteiger partial charge in [0.2, 0.25) is 0 Å². The van der Waals surface area contributed by atoms with Gasteiger partial charge in [0.25, 0.3) is 0 Å². The third kappa shape index (κ3) is 1.81. The number of nitrogens with zero attached hydrogens (tertiary/aromatic N) is 2. The summed E-state index contributed by atoms with van der Waals surface area (Å²) in [6, 6.07) is 0.